The van der Waals surface area contributed by atoms with Crippen LogP contribution in [0.4, 0.5) is 37.6 Å². The molecule has 3 aromatic carbocycles. The molecule has 17 heteroatoms. The zero-order chi connectivity index (χ0) is 44.8. The zero-order valence-corrected chi connectivity index (χ0v) is 38.8. The fourth-order valence-corrected chi connectivity index (χ4v) is 10.2. The SMILES string of the molecule is CCOc1cc(N2CCC(NCCNCCc3cc(F)c(C4CCC(=O)NC4=O)c(F)c3)CC2)c(CC)cc1Nc1ncc(Br)c(Nc2ccc3nc(C)ccc3c2P(C)(C)=O)n1. The van der Waals surface area contributed by atoms with E-state index < -0.39 is 36.5 Å². The van der Waals surface area contributed by atoms with Crippen molar-refractivity contribution < 1.29 is 27.7 Å². The lowest BCUT2D eigenvalue weighted by molar-refractivity contribution is -0.134. The number of halogens is 3. The van der Waals surface area contributed by atoms with Gasteiger partial charge in [-0.15, -0.1) is 0 Å². The summed E-state index contributed by atoms with van der Waals surface area (Å²) >= 11 is 3.61. The summed E-state index contributed by atoms with van der Waals surface area (Å²) in [5.41, 5.74) is 5.67. The second kappa shape index (κ2) is 20.2. The monoisotopic (exact) mass is 945 g/mol. The maximum atomic E-state index is 14.9. The van der Waals surface area contributed by atoms with Crippen molar-refractivity contribution in [1.29, 1.82) is 0 Å². The van der Waals surface area contributed by atoms with Gasteiger partial charge >= 0.3 is 0 Å². The van der Waals surface area contributed by atoms with Crippen LogP contribution in [0.15, 0.2) is 59.2 Å². The highest BCUT2D eigenvalue weighted by Crippen LogP contribution is 2.42. The van der Waals surface area contributed by atoms with Gasteiger partial charge in [-0.2, -0.15) is 4.98 Å². The van der Waals surface area contributed by atoms with E-state index in [1.807, 2.05) is 38.1 Å². The number of nitrogens with zero attached hydrogens (tertiary/aromatic N) is 4. The quantitative estimate of drug-likeness (QED) is 0.0348. The fourth-order valence-electron chi connectivity index (χ4n) is 8.43. The standard InChI is InChI=1S/C46H55BrF2N9O4P/c1-6-29-24-38(55-46-52-26-33(47)44(57-46)54-37-12-11-36-31(9-8-27(3)53-36)43(37)63(4,5)61)40(62-7-2)25-39(29)58-20-15-30(16-21-58)51-19-18-50-17-14-28-22-34(48)42(35(49)23-28)32-10-13-41(59)56-45(32)60/h8-9,11-12,22-26,30,32,50-51H,6-7,10,13-21H2,1-5H3,(H,56,59,60)(H2,52,54,55,57). The van der Waals surface area contributed by atoms with Gasteiger partial charge in [-0.05, 0) is 129 Å². The third kappa shape index (κ3) is 11.0. The zero-order valence-electron chi connectivity index (χ0n) is 36.3. The summed E-state index contributed by atoms with van der Waals surface area (Å²) < 4.78 is 50.3. The minimum atomic E-state index is -2.74. The molecule has 7 rings (SSSR count). The maximum Gasteiger partial charge on any atom is 0.234 e. The Balaban J connectivity index is 0.934. The Kier molecular flexibility index (Phi) is 14.8. The number of fused-ring (bicyclic) bond motifs is 1. The molecule has 2 aliphatic heterocycles. The van der Waals surface area contributed by atoms with E-state index >= 15 is 0 Å². The predicted molar refractivity (Wildman–Crippen MR) is 250 cm³/mol. The number of rotatable bonds is 17. The van der Waals surface area contributed by atoms with Gasteiger partial charge in [-0.1, -0.05) is 13.0 Å². The van der Waals surface area contributed by atoms with Gasteiger partial charge < -0.3 is 35.5 Å². The normalized spacial score (nSPS) is 16.1. The number of aryl methyl sites for hydroxylation is 2. The number of carbonyl (C=O) groups is 2. The van der Waals surface area contributed by atoms with Crippen LogP contribution in [0.3, 0.4) is 0 Å². The van der Waals surface area contributed by atoms with Crippen molar-refractivity contribution in [3.05, 3.63) is 93.2 Å². The number of imide groups is 1. The molecule has 1 unspecified atom stereocenters. The van der Waals surface area contributed by atoms with Crippen molar-refractivity contribution in [2.45, 2.75) is 71.3 Å². The summed E-state index contributed by atoms with van der Waals surface area (Å²) in [4.78, 5) is 40.1. The summed E-state index contributed by atoms with van der Waals surface area (Å²) in [7, 11) is -2.74. The molecule has 0 radical (unpaired) electrons. The van der Waals surface area contributed by atoms with Crippen LogP contribution in [-0.2, 0) is 27.0 Å². The van der Waals surface area contributed by atoms with Crippen LogP contribution in [0.5, 0.6) is 5.75 Å². The smallest absolute Gasteiger partial charge is 0.234 e. The first kappa shape index (κ1) is 46.0. The summed E-state index contributed by atoms with van der Waals surface area (Å²) in [6.07, 6.45) is 5.01. The van der Waals surface area contributed by atoms with Crippen LogP contribution >= 0.6 is 23.1 Å². The highest BCUT2D eigenvalue weighted by Gasteiger charge is 2.32. The molecule has 0 aliphatic carbocycles. The number of hydrogen-bond acceptors (Lipinski definition) is 12. The van der Waals surface area contributed by atoms with E-state index in [4.69, 9.17) is 9.72 Å². The number of nitrogens with one attached hydrogen (secondary N) is 5. The summed E-state index contributed by atoms with van der Waals surface area (Å²) in [6.45, 7) is 13.8. The molecule has 2 amide bonds. The van der Waals surface area contributed by atoms with E-state index in [1.54, 1.807) is 19.5 Å². The molecule has 13 nitrogen and oxygen atoms in total. The number of anilines is 5. The second-order valence-corrected chi connectivity index (χ2v) is 20.4. The number of ether oxygens (including phenoxy) is 1. The van der Waals surface area contributed by atoms with Gasteiger partial charge in [0.1, 0.15) is 30.3 Å². The van der Waals surface area contributed by atoms with Crippen molar-refractivity contribution in [3.8, 4) is 5.75 Å². The van der Waals surface area contributed by atoms with Gasteiger partial charge in [0, 0.05) is 78.5 Å². The van der Waals surface area contributed by atoms with E-state index in [1.165, 1.54) is 17.7 Å². The first-order chi connectivity index (χ1) is 30.2. The van der Waals surface area contributed by atoms with Gasteiger partial charge in [-0.25, -0.2) is 13.8 Å². The van der Waals surface area contributed by atoms with E-state index in [2.05, 4.69) is 76.4 Å². The summed E-state index contributed by atoms with van der Waals surface area (Å²) in [6, 6.07) is 14.9. The predicted octanol–water partition coefficient (Wildman–Crippen LogP) is 7.98. The van der Waals surface area contributed by atoms with Gasteiger partial charge in [0.2, 0.25) is 17.8 Å². The molecule has 2 saturated heterocycles. The molecule has 1 atom stereocenters. The topological polar surface area (TPSA) is 162 Å². The lowest BCUT2D eigenvalue weighted by atomic mass is 9.89. The molecule has 334 valence electrons. The Bertz CT molecular complexity index is 2530. The van der Waals surface area contributed by atoms with Crippen molar-refractivity contribution >= 4 is 79.9 Å². The first-order valence-electron chi connectivity index (χ1n) is 21.5. The summed E-state index contributed by atoms with van der Waals surface area (Å²) in [5.74, 6) is -2.01. The molecular weight excluding hydrogens is 891 g/mol. The van der Waals surface area contributed by atoms with Gasteiger partial charge in [0.05, 0.1) is 33.9 Å². The fraction of sp³-hybridized carbons (Fsp3) is 0.413. The average molecular weight is 947 g/mol. The lowest BCUT2D eigenvalue weighted by Crippen LogP contribution is -2.44. The number of benzene rings is 3. The van der Waals surface area contributed by atoms with Gasteiger partial charge in [0.25, 0.3) is 0 Å². The van der Waals surface area contributed by atoms with Crippen molar-refractivity contribution in [1.82, 2.24) is 30.9 Å². The van der Waals surface area contributed by atoms with Crippen molar-refractivity contribution in [3.63, 3.8) is 0 Å². The number of aromatic nitrogens is 3. The molecule has 0 saturated carbocycles. The Hall–Kier alpha value is -5.02. The molecule has 5 aromatic rings. The van der Waals surface area contributed by atoms with Crippen molar-refractivity contribution in [2.75, 3.05) is 68.2 Å². The van der Waals surface area contributed by atoms with Crippen LogP contribution in [-0.4, -0.2) is 85.5 Å². The van der Waals surface area contributed by atoms with Crippen LogP contribution in [0.2, 0.25) is 0 Å². The Morgan fingerprint density at radius 3 is 2.40 bits per heavy atom. The van der Waals surface area contributed by atoms with Crippen LogP contribution < -0.4 is 41.5 Å². The number of amides is 2. The number of pyridine rings is 1. The molecule has 0 spiro atoms. The van der Waals surface area contributed by atoms with Gasteiger partial charge in [0.15, 0.2) is 0 Å². The third-order valence-electron chi connectivity index (χ3n) is 11.5. The molecular formula is C46H55BrF2N9O4P. The molecule has 2 aliphatic rings. The average Bonchev–Trinajstić information content (AvgIpc) is 3.24. The second-order valence-electron chi connectivity index (χ2n) is 16.4. The molecule has 2 fully saturated rings. The first-order valence-corrected chi connectivity index (χ1v) is 24.9. The summed E-state index contributed by atoms with van der Waals surface area (Å²) in [5, 5.41) is 17.6. The maximum absolute atomic E-state index is 14.9. The van der Waals surface area contributed by atoms with Crippen LogP contribution in [0.1, 0.15) is 67.8 Å². The number of hydrogen-bond donors (Lipinski definition) is 5. The van der Waals surface area contributed by atoms with Crippen LogP contribution in [0.25, 0.3) is 10.9 Å². The molecule has 2 aromatic heterocycles. The number of piperidine rings is 2. The highest BCUT2D eigenvalue weighted by molar-refractivity contribution is 9.10. The van der Waals surface area contributed by atoms with Gasteiger partial charge in [-0.3, -0.25) is 19.9 Å². The third-order valence-corrected chi connectivity index (χ3v) is 13.7. The molecule has 5 N–H and O–H groups in total. The molecule has 63 heavy (non-hydrogen) atoms. The Morgan fingerprint density at radius 2 is 1.70 bits per heavy atom. The van der Waals surface area contributed by atoms with E-state index in [0.29, 0.717) is 70.7 Å². The Labute approximate surface area is 375 Å². The largest absolute Gasteiger partial charge is 0.492 e. The van der Waals surface area contributed by atoms with E-state index in [-0.39, 0.29) is 18.4 Å². The van der Waals surface area contributed by atoms with Crippen molar-refractivity contribution in [2.24, 2.45) is 0 Å². The minimum Gasteiger partial charge on any atom is -0.492 e. The Morgan fingerprint density at radius 1 is 0.937 bits per heavy atom. The lowest BCUT2D eigenvalue weighted by Gasteiger charge is -2.35. The molecule has 4 heterocycles. The highest BCUT2D eigenvalue weighted by atomic mass is 79.9. The van der Waals surface area contributed by atoms with Crippen LogP contribution in [0, 0.1) is 18.6 Å². The minimum absolute atomic E-state index is 0.0565. The molecule has 0 bridgehead atoms. The van der Waals surface area contributed by atoms with E-state index in [0.717, 1.165) is 66.9 Å². The number of carbonyl (C=O) groups excluding carboxylic acids is 2. The van der Waals surface area contributed by atoms with E-state index in [9.17, 15) is 22.9 Å².